The second-order valence-electron chi connectivity index (χ2n) is 6.05. The standard InChI is InChI=1S/C22H22N2O6/c1-14(22(26)24-17-8-5-15(13-23)6-9-17)30-20(25)10-7-16-11-18(27-2)21(29-4)19(12-16)28-3/h5-12,14H,1-4H3,(H,24,26)/b10-7+/t14-/m0/s1. The lowest BCUT2D eigenvalue weighted by Crippen LogP contribution is -2.29. The molecule has 0 aliphatic heterocycles. The topological polar surface area (TPSA) is 107 Å². The highest BCUT2D eigenvalue weighted by atomic mass is 16.5. The Morgan fingerprint density at radius 2 is 1.63 bits per heavy atom. The number of anilines is 1. The molecule has 1 amide bonds. The number of nitrogens with one attached hydrogen (secondary N) is 1. The molecule has 0 spiro atoms. The monoisotopic (exact) mass is 410 g/mol. The molecule has 1 N–H and O–H groups in total. The number of ether oxygens (including phenoxy) is 4. The molecule has 2 rings (SSSR count). The number of rotatable bonds is 8. The number of nitrogens with zero attached hydrogens (tertiary/aromatic N) is 1. The summed E-state index contributed by atoms with van der Waals surface area (Å²) >= 11 is 0. The highest BCUT2D eigenvalue weighted by Gasteiger charge is 2.17. The Morgan fingerprint density at radius 1 is 1.03 bits per heavy atom. The zero-order chi connectivity index (χ0) is 22.1. The summed E-state index contributed by atoms with van der Waals surface area (Å²) in [5.41, 5.74) is 1.59. The van der Waals surface area contributed by atoms with Crippen molar-refractivity contribution in [2.45, 2.75) is 13.0 Å². The zero-order valence-electron chi connectivity index (χ0n) is 17.1. The summed E-state index contributed by atoms with van der Waals surface area (Å²) in [5, 5.41) is 11.4. The lowest BCUT2D eigenvalue weighted by Gasteiger charge is -2.13. The van der Waals surface area contributed by atoms with E-state index in [0.717, 1.165) is 0 Å². The van der Waals surface area contributed by atoms with Crippen LogP contribution in [0.25, 0.3) is 6.08 Å². The van der Waals surface area contributed by atoms with Gasteiger partial charge in [0.15, 0.2) is 17.6 Å². The van der Waals surface area contributed by atoms with Crippen molar-refractivity contribution in [2.75, 3.05) is 26.6 Å². The third-order valence-corrected chi connectivity index (χ3v) is 4.04. The molecule has 0 fully saturated rings. The molecule has 8 nitrogen and oxygen atoms in total. The average Bonchev–Trinajstić information content (AvgIpc) is 2.77. The minimum atomic E-state index is -1.02. The lowest BCUT2D eigenvalue weighted by atomic mass is 10.1. The van der Waals surface area contributed by atoms with Crippen molar-refractivity contribution in [3.05, 3.63) is 53.6 Å². The normalized spacial score (nSPS) is 11.3. The van der Waals surface area contributed by atoms with Crippen LogP contribution in [0.1, 0.15) is 18.1 Å². The van der Waals surface area contributed by atoms with E-state index in [4.69, 9.17) is 24.2 Å². The van der Waals surface area contributed by atoms with E-state index in [-0.39, 0.29) is 0 Å². The Kier molecular flexibility index (Phi) is 7.82. The SMILES string of the molecule is COc1cc(/C=C/C(=O)O[C@@H](C)C(=O)Nc2ccc(C#N)cc2)cc(OC)c1OC. The Bertz CT molecular complexity index is 951. The molecule has 0 bridgehead atoms. The predicted octanol–water partition coefficient (Wildman–Crippen LogP) is 3.17. The minimum Gasteiger partial charge on any atom is -0.493 e. The Hall–Kier alpha value is -3.99. The van der Waals surface area contributed by atoms with Crippen LogP contribution in [0.4, 0.5) is 5.69 Å². The fraction of sp³-hybridized carbons (Fsp3) is 0.227. The van der Waals surface area contributed by atoms with Gasteiger partial charge in [0.05, 0.1) is 33.0 Å². The largest absolute Gasteiger partial charge is 0.493 e. The predicted molar refractivity (Wildman–Crippen MR) is 110 cm³/mol. The molecular formula is C22H22N2O6. The maximum absolute atomic E-state index is 12.2. The number of carbonyl (C=O) groups is 2. The summed E-state index contributed by atoms with van der Waals surface area (Å²) < 4.78 is 20.9. The Labute approximate surface area is 174 Å². The van der Waals surface area contributed by atoms with Crippen molar-refractivity contribution in [3.8, 4) is 23.3 Å². The van der Waals surface area contributed by atoms with Crippen molar-refractivity contribution in [1.82, 2.24) is 0 Å². The van der Waals surface area contributed by atoms with Crippen LogP contribution in [0.15, 0.2) is 42.5 Å². The van der Waals surface area contributed by atoms with E-state index in [1.165, 1.54) is 40.4 Å². The fourth-order valence-electron chi connectivity index (χ4n) is 2.50. The van der Waals surface area contributed by atoms with Crippen LogP contribution in [0.2, 0.25) is 0 Å². The maximum Gasteiger partial charge on any atom is 0.331 e. The van der Waals surface area contributed by atoms with Gasteiger partial charge in [0, 0.05) is 11.8 Å². The van der Waals surface area contributed by atoms with Crippen LogP contribution < -0.4 is 19.5 Å². The molecule has 156 valence electrons. The van der Waals surface area contributed by atoms with Gasteiger partial charge in [0.25, 0.3) is 5.91 Å². The summed E-state index contributed by atoms with van der Waals surface area (Å²) in [4.78, 5) is 24.3. The molecule has 0 aliphatic carbocycles. The van der Waals surface area contributed by atoms with Gasteiger partial charge in [-0.15, -0.1) is 0 Å². The Balaban J connectivity index is 2.01. The molecule has 0 unspecified atom stereocenters. The number of esters is 1. The van der Waals surface area contributed by atoms with Crippen molar-refractivity contribution in [2.24, 2.45) is 0 Å². The molecule has 8 heteroatoms. The number of methoxy groups -OCH3 is 3. The number of hydrogen-bond donors (Lipinski definition) is 1. The smallest absolute Gasteiger partial charge is 0.331 e. The van der Waals surface area contributed by atoms with Gasteiger partial charge in [-0.05, 0) is 55.0 Å². The highest BCUT2D eigenvalue weighted by molar-refractivity contribution is 5.96. The van der Waals surface area contributed by atoms with Crippen molar-refractivity contribution in [1.29, 1.82) is 5.26 Å². The summed E-state index contributed by atoms with van der Waals surface area (Å²) in [5.74, 6) is 0.147. The Morgan fingerprint density at radius 3 is 2.13 bits per heavy atom. The van der Waals surface area contributed by atoms with E-state index in [2.05, 4.69) is 5.32 Å². The van der Waals surface area contributed by atoms with Crippen molar-refractivity contribution >= 4 is 23.6 Å². The van der Waals surface area contributed by atoms with E-state index >= 15 is 0 Å². The van der Waals surface area contributed by atoms with Crippen LogP contribution in [0.3, 0.4) is 0 Å². The molecule has 30 heavy (non-hydrogen) atoms. The first-order chi connectivity index (χ1) is 14.4. The third-order valence-electron chi connectivity index (χ3n) is 4.04. The number of amides is 1. The highest BCUT2D eigenvalue weighted by Crippen LogP contribution is 2.38. The first-order valence-corrected chi connectivity index (χ1v) is 8.91. The molecular weight excluding hydrogens is 388 g/mol. The van der Waals surface area contributed by atoms with E-state index in [0.29, 0.717) is 34.1 Å². The molecule has 0 saturated heterocycles. The van der Waals surface area contributed by atoms with E-state index in [1.807, 2.05) is 6.07 Å². The number of carbonyl (C=O) groups excluding carboxylic acids is 2. The van der Waals surface area contributed by atoms with E-state index in [9.17, 15) is 9.59 Å². The zero-order valence-corrected chi connectivity index (χ0v) is 17.1. The van der Waals surface area contributed by atoms with Crippen LogP contribution in [-0.4, -0.2) is 39.3 Å². The third kappa shape index (κ3) is 5.75. The summed E-state index contributed by atoms with van der Waals surface area (Å²) in [6.07, 6.45) is 1.70. The van der Waals surface area contributed by atoms with Gasteiger partial charge in [-0.3, -0.25) is 4.79 Å². The van der Waals surface area contributed by atoms with Crippen LogP contribution >= 0.6 is 0 Å². The van der Waals surface area contributed by atoms with Gasteiger partial charge in [0.1, 0.15) is 0 Å². The first-order valence-electron chi connectivity index (χ1n) is 8.91. The molecule has 0 aromatic heterocycles. The molecule has 0 saturated carbocycles. The lowest BCUT2D eigenvalue weighted by molar-refractivity contribution is -0.148. The molecule has 0 radical (unpaired) electrons. The van der Waals surface area contributed by atoms with Gasteiger partial charge in [0.2, 0.25) is 5.75 Å². The van der Waals surface area contributed by atoms with Crippen molar-refractivity contribution < 1.29 is 28.5 Å². The van der Waals surface area contributed by atoms with Crippen LogP contribution in [0.5, 0.6) is 17.2 Å². The van der Waals surface area contributed by atoms with Gasteiger partial charge < -0.3 is 24.3 Å². The number of hydrogen-bond acceptors (Lipinski definition) is 7. The second-order valence-corrected chi connectivity index (χ2v) is 6.05. The van der Waals surface area contributed by atoms with Crippen molar-refractivity contribution in [3.63, 3.8) is 0 Å². The summed E-state index contributed by atoms with van der Waals surface area (Å²) in [6, 6.07) is 11.7. The maximum atomic E-state index is 12.2. The molecule has 2 aromatic carbocycles. The van der Waals surface area contributed by atoms with Gasteiger partial charge in [-0.2, -0.15) is 5.26 Å². The van der Waals surface area contributed by atoms with Crippen LogP contribution in [0, 0.1) is 11.3 Å². The summed E-state index contributed by atoms with van der Waals surface area (Å²) in [7, 11) is 4.48. The molecule has 0 aliphatic rings. The van der Waals surface area contributed by atoms with Gasteiger partial charge in [-0.25, -0.2) is 4.79 Å². The van der Waals surface area contributed by atoms with Crippen LogP contribution in [-0.2, 0) is 14.3 Å². The molecule has 2 aromatic rings. The first kappa shape index (κ1) is 22.3. The minimum absolute atomic E-state index is 0.438. The second kappa shape index (κ2) is 10.5. The quantitative estimate of drug-likeness (QED) is 0.526. The number of benzene rings is 2. The van der Waals surface area contributed by atoms with Gasteiger partial charge >= 0.3 is 5.97 Å². The molecule has 0 heterocycles. The van der Waals surface area contributed by atoms with E-state index in [1.54, 1.807) is 36.4 Å². The average molecular weight is 410 g/mol. The van der Waals surface area contributed by atoms with Gasteiger partial charge in [-0.1, -0.05) is 0 Å². The molecule has 1 atom stereocenters. The van der Waals surface area contributed by atoms with E-state index < -0.39 is 18.0 Å². The number of nitriles is 1. The fourth-order valence-corrected chi connectivity index (χ4v) is 2.50. The summed E-state index contributed by atoms with van der Waals surface area (Å²) in [6.45, 7) is 1.46.